The summed E-state index contributed by atoms with van der Waals surface area (Å²) < 4.78 is 25.9. The smallest absolute Gasteiger partial charge is 0.404 e. The van der Waals surface area contributed by atoms with E-state index in [1.807, 2.05) is 10.6 Å². The summed E-state index contributed by atoms with van der Waals surface area (Å²) in [5.74, 6) is -0.946. The lowest BCUT2D eigenvalue weighted by Crippen LogP contribution is -2.53. The quantitative estimate of drug-likeness (QED) is 0.560. The molecular formula is C9H9F2N5O4. The van der Waals surface area contributed by atoms with Crippen LogP contribution in [0.15, 0.2) is 12.3 Å². The van der Waals surface area contributed by atoms with Crippen LogP contribution in [0.3, 0.4) is 0 Å². The lowest BCUT2D eigenvalue weighted by atomic mass is 9.95. The fourth-order valence-corrected chi connectivity index (χ4v) is 1.90. The van der Waals surface area contributed by atoms with Gasteiger partial charge in [0.15, 0.2) is 5.54 Å². The Balaban J connectivity index is 2.46. The third-order valence-electron chi connectivity index (χ3n) is 2.74. The highest BCUT2D eigenvalue weighted by Gasteiger charge is 2.50. The van der Waals surface area contributed by atoms with Gasteiger partial charge < -0.3 is 15.7 Å². The van der Waals surface area contributed by atoms with E-state index in [2.05, 4.69) is 10.4 Å². The van der Waals surface area contributed by atoms with Gasteiger partial charge in [-0.15, -0.1) is 0 Å². The molecule has 20 heavy (non-hydrogen) atoms. The maximum atomic E-state index is 12.8. The normalized spacial score (nSPS) is 21.8. The SMILES string of the molecule is O=C(O)NCC1(c2ccnn2C(F)F)NC(=O)NC1=O. The summed E-state index contributed by atoms with van der Waals surface area (Å²) in [6.45, 7) is -3.66. The van der Waals surface area contributed by atoms with E-state index in [1.54, 1.807) is 0 Å². The van der Waals surface area contributed by atoms with Gasteiger partial charge in [0.25, 0.3) is 5.91 Å². The predicted molar refractivity (Wildman–Crippen MR) is 57.9 cm³/mol. The van der Waals surface area contributed by atoms with Crippen molar-refractivity contribution in [2.24, 2.45) is 0 Å². The molecule has 1 aliphatic rings. The number of nitrogens with one attached hydrogen (secondary N) is 3. The van der Waals surface area contributed by atoms with Gasteiger partial charge in [-0.2, -0.15) is 13.9 Å². The summed E-state index contributed by atoms with van der Waals surface area (Å²) in [5, 5.41) is 17.9. The van der Waals surface area contributed by atoms with E-state index in [4.69, 9.17) is 5.11 Å². The van der Waals surface area contributed by atoms with E-state index in [1.165, 1.54) is 0 Å². The molecule has 1 aliphatic heterocycles. The molecule has 0 aromatic carbocycles. The number of urea groups is 1. The Labute approximate surface area is 109 Å². The third-order valence-corrected chi connectivity index (χ3v) is 2.74. The van der Waals surface area contributed by atoms with Gasteiger partial charge in [-0.05, 0) is 6.07 Å². The van der Waals surface area contributed by atoms with Gasteiger partial charge >= 0.3 is 18.7 Å². The van der Waals surface area contributed by atoms with Crippen LogP contribution in [-0.4, -0.2) is 39.5 Å². The lowest BCUT2D eigenvalue weighted by molar-refractivity contribution is -0.124. The van der Waals surface area contributed by atoms with Gasteiger partial charge in [-0.25, -0.2) is 14.3 Å². The molecule has 1 aromatic heterocycles. The summed E-state index contributed by atoms with van der Waals surface area (Å²) in [6.07, 6.45) is -0.455. The maximum absolute atomic E-state index is 12.8. The van der Waals surface area contributed by atoms with Crippen molar-refractivity contribution >= 4 is 18.0 Å². The molecule has 0 aliphatic carbocycles. The number of imide groups is 1. The first kappa shape index (κ1) is 13.7. The Hall–Kier alpha value is -2.72. The second-order valence-electron chi connectivity index (χ2n) is 3.91. The van der Waals surface area contributed by atoms with Crippen LogP contribution in [0.25, 0.3) is 0 Å². The fourth-order valence-electron chi connectivity index (χ4n) is 1.90. The Morgan fingerprint density at radius 3 is 2.75 bits per heavy atom. The average molecular weight is 289 g/mol. The number of carbonyl (C=O) groups excluding carboxylic acids is 2. The Kier molecular flexibility index (Phi) is 3.26. The Morgan fingerprint density at radius 1 is 1.55 bits per heavy atom. The minimum absolute atomic E-state index is 0.231. The lowest BCUT2D eigenvalue weighted by Gasteiger charge is -2.26. The van der Waals surface area contributed by atoms with Crippen molar-refractivity contribution in [3.8, 4) is 0 Å². The van der Waals surface area contributed by atoms with Gasteiger partial charge in [0.1, 0.15) is 0 Å². The molecule has 2 heterocycles. The van der Waals surface area contributed by atoms with Crippen LogP contribution in [0.1, 0.15) is 12.2 Å². The average Bonchev–Trinajstić information content (AvgIpc) is 2.92. The van der Waals surface area contributed by atoms with E-state index in [0.717, 1.165) is 12.3 Å². The number of aromatic nitrogens is 2. The van der Waals surface area contributed by atoms with Crippen molar-refractivity contribution in [2.45, 2.75) is 12.1 Å². The van der Waals surface area contributed by atoms with Crippen molar-refractivity contribution < 1.29 is 28.3 Å². The number of alkyl halides is 2. The Morgan fingerprint density at radius 2 is 2.25 bits per heavy atom. The highest BCUT2D eigenvalue weighted by molar-refractivity contribution is 6.07. The molecule has 1 aromatic rings. The largest absolute Gasteiger partial charge is 0.465 e. The Bertz CT molecular complexity index is 574. The molecule has 0 bridgehead atoms. The minimum atomic E-state index is -3.05. The van der Waals surface area contributed by atoms with Crippen molar-refractivity contribution in [3.63, 3.8) is 0 Å². The number of nitrogens with zero attached hydrogens (tertiary/aromatic N) is 2. The first-order valence-electron chi connectivity index (χ1n) is 5.29. The van der Waals surface area contributed by atoms with E-state index >= 15 is 0 Å². The van der Waals surface area contributed by atoms with Crippen molar-refractivity contribution in [2.75, 3.05) is 6.54 Å². The topological polar surface area (TPSA) is 125 Å². The zero-order chi connectivity index (χ0) is 14.9. The van der Waals surface area contributed by atoms with Crippen molar-refractivity contribution in [3.05, 3.63) is 18.0 Å². The van der Waals surface area contributed by atoms with Crippen LogP contribution < -0.4 is 16.0 Å². The zero-order valence-corrected chi connectivity index (χ0v) is 9.76. The molecule has 0 radical (unpaired) electrons. The molecule has 1 saturated heterocycles. The van der Waals surface area contributed by atoms with Gasteiger partial charge in [-0.1, -0.05) is 0 Å². The molecule has 0 saturated carbocycles. The molecule has 11 heteroatoms. The van der Waals surface area contributed by atoms with Crippen LogP contribution in [0, 0.1) is 0 Å². The number of carbonyl (C=O) groups is 3. The van der Waals surface area contributed by atoms with E-state index in [9.17, 15) is 23.2 Å². The highest BCUT2D eigenvalue weighted by Crippen LogP contribution is 2.27. The first-order chi connectivity index (χ1) is 9.36. The molecule has 1 fully saturated rings. The van der Waals surface area contributed by atoms with Crippen molar-refractivity contribution in [1.82, 2.24) is 25.7 Å². The molecule has 1 atom stereocenters. The summed E-state index contributed by atoms with van der Waals surface area (Å²) >= 11 is 0. The fraction of sp³-hybridized carbons (Fsp3) is 0.333. The highest BCUT2D eigenvalue weighted by atomic mass is 19.3. The standard InChI is InChI=1S/C9H9F2N5O4/c10-6(11)16-4(1-2-13-16)9(3-12-8(19)20)5(17)14-7(18)15-9/h1-2,6,12H,3H2,(H,19,20)(H2,14,15,17,18). The summed E-state index contributed by atoms with van der Waals surface area (Å²) in [6, 6.07) is 0.185. The molecule has 0 spiro atoms. The second kappa shape index (κ2) is 4.75. The van der Waals surface area contributed by atoms with Crippen LogP contribution in [0.5, 0.6) is 0 Å². The third kappa shape index (κ3) is 2.13. The van der Waals surface area contributed by atoms with Crippen LogP contribution in [-0.2, 0) is 10.3 Å². The molecule has 1 unspecified atom stereocenters. The summed E-state index contributed by atoms with van der Waals surface area (Å²) in [4.78, 5) is 33.7. The number of amides is 4. The van der Waals surface area contributed by atoms with Gasteiger partial charge in [-0.3, -0.25) is 10.1 Å². The van der Waals surface area contributed by atoms with Crippen LogP contribution in [0.4, 0.5) is 18.4 Å². The molecule has 9 nitrogen and oxygen atoms in total. The number of halogens is 2. The van der Waals surface area contributed by atoms with Gasteiger partial charge in [0.2, 0.25) is 0 Å². The molecule has 4 amide bonds. The number of carboxylic acid groups (broad SMARTS) is 1. The van der Waals surface area contributed by atoms with Gasteiger partial charge in [0, 0.05) is 6.20 Å². The summed E-state index contributed by atoms with van der Waals surface area (Å²) in [7, 11) is 0. The van der Waals surface area contributed by atoms with E-state index in [0.29, 0.717) is 0 Å². The summed E-state index contributed by atoms with van der Waals surface area (Å²) in [5.41, 5.74) is -2.30. The second-order valence-corrected chi connectivity index (χ2v) is 3.91. The number of hydrogen-bond acceptors (Lipinski definition) is 4. The van der Waals surface area contributed by atoms with E-state index < -0.39 is 36.7 Å². The molecule has 108 valence electrons. The first-order valence-corrected chi connectivity index (χ1v) is 5.29. The number of rotatable bonds is 4. The van der Waals surface area contributed by atoms with E-state index in [-0.39, 0.29) is 10.4 Å². The molecule has 2 rings (SSSR count). The maximum Gasteiger partial charge on any atom is 0.404 e. The molecular weight excluding hydrogens is 280 g/mol. The zero-order valence-electron chi connectivity index (χ0n) is 9.76. The van der Waals surface area contributed by atoms with Crippen LogP contribution >= 0.6 is 0 Å². The monoisotopic (exact) mass is 289 g/mol. The van der Waals surface area contributed by atoms with Gasteiger partial charge in [0.05, 0.1) is 12.2 Å². The van der Waals surface area contributed by atoms with Crippen LogP contribution in [0.2, 0.25) is 0 Å². The minimum Gasteiger partial charge on any atom is -0.465 e. The number of hydrogen-bond donors (Lipinski definition) is 4. The molecule has 4 N–H and O–H groups in total. The predicted octanol–water partition coefficient (Wildman–Crippen LogP) is -0.420. The van der Waals surface area contributed by atoms with Crippen molar-refractivity contribution in [1.29, 1.82) is 0 Å².